The van der Waals surface area contributed by atoms with Crippen LogP contribution in [0, 0.1) is 0 Å². The maximum atomic E-state index is 12.1. The molecule has 124 valence electrons. The number of hydrogen-bond donors (Lipinski definition) is 1. The van der Waals surface area contributed by atoms with E-state index < -0.39 is 30.3 Å². The molecule has 1 fully saturated rings. The predicted molar refractivity (Wildman–Crippen MR) is 75.9 cm³/mol. The van der Waals surface area contributed by atoms with Crippen LogP contribution >= 0.6 is 0 Å². The molecule has 1 N–H and O–H groups in total. The van der Waals surface area contributed by atoms with E-state index in [4.69, 9.17) is 9.15 Å². The van der Waals surface area contributed by atoms with Crippen molar-refractivity contribution in [1.29, 1.82) is 0 Å². The highest BCUT2D eigenvalue weighted by atomic mass is 16.5. The fourth-order valence-electron chi connectivity index (χ4n) is 2.03. The Balaban J connectivity index is 1.92. The second kappa shape index (κ2) is 7.54. The highest BCUT2D eigenvalue weighted by Gasteiger charge is 2.45. The van der Waals surface area contributed by atoms with Crippen LogP contribution in [0.3, 0.4) is 0 Å². The van der Waals surface area contributed by atoms with Crippen LogP contribution in [0.1, 0.15) is 12.2 Å². The first kappa shape index (κ1) is 16.7. The minimum absolute atomic E-state index is 0.150. The van der Waals surface area contributed by atoms with Gasteiger partial charge in [0.05, 0.1) is 12.8 Å². The van der Waals surface area contributed by atoms with Crippen LogP contribution in [0.15, 0.2) is 22.8 Å². The molecule has 0 bridgehead atoms. The number of furan rings is 1. The molecule has 1 aliphatic rings. The van der Waals surface area contributed by atoms with Gasteiger partial charge in [-0.1, -0.05) is 0 Å². The van der Waals surface area contributed by atoms with E-state index in [1.165, 1.54) is 6.26 Å². The van der Waals surface area contributed by atoms with Crippen LogP contribution in [0.4, 0.5) is 4.79 Å². The van der Waals surface area contributed by atoms with E-state index in [1.807, 2.05) is 0 Å². The van der Waals surface area contributed by atoms with Gasteiger partial charge in [-0.15, -0.1) is 0 Å². The van der Waals surface area contributed by atoms with Crippen molar-refractivity contribution in [2.45, 2.75) is 13.0 Å². The molecule has 9 heteroatoms. The average molecular weight is 323 g/mol. The zero-order valence-corrected chi connectivity index (χ0v) is 12.6. The SMILES string of the molecule is COCCCNC(=O)CN1C(=O)C(=O)N(Cc2ccco2)C1=O. The minimum atomic E-state index is -1.02. The van der Waals surface area contributed by atoms with Gasteiger partial charge < -0.3 is 14.5 Å². The number of amides is 5. The first-order chi connectivity index (χ1) is 11.0. The zero-order valence-electron chi connectivity index (χ0n) is 12.6. The number of ether oxygens (including phenoxy) is 1. The summed E-state index contributed by atoms with van der Waals surface area (Å²) in [7, 11) is 1.54. The molecule has 0 unspecified atom stereocenters. The van der Waals surface area contributed by atoms with E-state index in [-0.39, 0.29) is 6.54 Å². The van der Waals surface area contributed by atoms with E-state index in [9.17, 15) is 19.2 Å². The van der Waals surface area contributed by atoms with Gasteiger partial charge in [0, 0.05) is 20.3 Å². The van der Waals surface area contributed by atoms with Crippen LogP contribution in [0.2, 0.25) is 0 Å². The molecule has 0 aliphatic carbocycles. The summed E-state index contributed by atoms with van der Waals surface area (Å²) in [5, 5.41) is 2.55. The lowest BCUT2D eigenvalue weighted by atomic mass is 10.4. The summed E-state index contributed by atoms with van der Waals surface area (Å²) in [6.45, 7) is 0.192. The number of nitrogens with zero attached hydrogens (tertiary/aromatic N) is 2. The highest BCUT2D eigenvalue weighted by Crippen LogP contribution is 2.15. The molecular formula is C14H17N3O6. The first-order valence-corrected chi connectivity index (χ1v) is 7.00. The molecule has 0 spiro atoms. The maximum absolute atomic E-state index is 12.1. The van der Waals surface area contributed by atoms with Crippen LogP contribution in [-0.2, 0) is 25.7 Å². The van der Waals surface area contributed by atoms with E-state index >= 15 is 0 Å². The second-order valence-corrected chi connectivity index (χ2v) is 4.84. The second-order valence-electron chi connectivity index (χ2n) is 4.84. The molecular weight excluding hydrogens is 306 g/mol. The summed E-state index contributed by atoms with van der Waals surface area (Å²) >= 11 is 0. The number of carbonyl (C=O) groups excluding carboxylic acids is 4. The molecule has 0 saturated carbocycles. The third-order valence-electron chi connectivity index (χ3n) is 3.18. The standard InChI is InChI=1S/C14H17N3O6/c1-22-6-3-5-15-11(18)9-17-13(20)12(19)16(14(17)21)8-10-4-2-7-23-10/h2,4,7H,3,5-6,8-9H2,1H3,(H,15,18). The van der Waals surface area contributed by atoms with Crippen LogP contribution in [-0.4, -0.2) is 60.4 Å². The number of rotatable bonds is 8. The summed E-state index contributed by atoms with van der Waals surface area (Å²) in [6.07, 6.45) is 2.00. The van der Waals surface area contributed by atoms with Gasteiger partial charge in [0.15, 0.2) is 0 Å². The Morgan fingerprint density at radius 1 is 1.26 bits per heavy atom. The van der Waals surface area contributed by atoms with Crippen molar-refractivity contribution >= 4 is 23.8 Å². The van der Waals surface area contributed by atoms with Crippen LogP contribution < -0.4 is 5.32 Å². The van der Waals surface area contributed by atoms with Gasteiger partial charge in [0.1, 0.15) is 12.3 Å². The fourth-order valence-corrected chi connectivity index (χ4v) is 2.03. The lowest BCUT2D eigenvalue weighted by molar-refractivity contribution is -0.144. The predicted octanol–water partition coefficient (Wildman–Crippen LogP) is -0.277. The number of nitrogens with one attached hydrogen (secondary N) is 1. The Labute approximate surface area is 132 Å². The van der Waals surface area contributed by atoms with Gasteiger partial charge in [-0.2, -0.15) is 0 Å². The summed E-state index contributed by atoms with van der Waals surface area (Å²) < 4.78 is 9.89. The van der Waals surface area contributed by atoms with Crippen molar-refractivity contribution in [3.8, 4) is 0 Å². The Hall–Kier alpha value is -2.68. The van der Waals surface area contributed by atoms with Gasteiger partial charge >= 0.3 is 17.8 Å². The fraction of sp³-hybridized carbons (Fsp3) is 0.429. The molecule has 0 aromatic carbocycles. The highest BCUT2D eigenvalue weighted by molar-refractivity contribution is 6.44. The minimum Gasteiger partial charge on any atom is -0.467 e. The van der Waals surface area contributed by atoms with Crippen molar-refractivity contribution in [2.75, 3.05) is 26.8 Å². The Bertz CT molecular complexity index is 598. The van der Waals surface area contributed by atoms with Crippen molar-refractivity contribution in [3.63, 3.8) is 0 Å². The third kappa shape index (κ3) is 3.95. The molecule has 1 aromatic rings. The summed E-state index contributed by atoms with van der Waals surface area (Å²) in [4.78, 5) is 48.9. The summed E-state index contributed by atoms with van der Waals surface area (Å²) in [5.74, 6) is -2.15. The molecule has 0 radical (unpaired) electrons. The molecule has 1 aromatic heterocycles. The molecule has 23 heavy (non-hydrogen) atoms. The molecule has 5 amide bonds. The van der Waals surface area contributed by atoms with Crippen molar-refractivity contribution in [3.05, 3.63) is 24.2 Å². The third-order valence-corrected chi connectivity index (χ3v) is 3.18. The van der Waals surface area contributed by atoms with E-state index in [2.05, 4.69) is 5.32 Å². The number of imide groups is 2. The Morgan fingerprint density at radius 2 is 2.00 bits per heavy atom. The lowest BCUT2D eigenvalue weighted by Gasteiger charge is -2.14. The van der Waals surface area contributed by atoms with Crippen LogP contribution in [0.25, 0.3) is 0 Å². The van der Waals surface area contributed by atoms with Gasteiger partial charge in [-0.05, 0) is 18.6 Å². The average Bonchev–Trinajstić information content (AvgIpc) is 3.11. The molecule has 1 saturated heterocycles. The lowest BCUT2D eigenvalue weighted by Crippen LogP contribution is -2.41. The van der Waals surface area contributed by atoms with Gasteiger partial charge in [-0.25, -0.2) is 14.6 Å². The van der Waals surface area contributed by atoms with E-state index in [1.54, 1.807) is 19.2 Å². The number of urea groups is 1. The summed E-state index contributed by atoms with van der Waals surface area (Å²) in [5.41, 5.74) is 0. The Kier molecular flexibility index (Phi) is 5.47. The topological polar surface area (TPSA) is 109 Å². The molecule has 2 heterocycles. The maximum Gasteiger partial charge on any atom is 0.335 e. The summed E-state index contributed by atoms with van der Waals surface area (Å²) in [6, 6.07) is 2.35. The molecule has 1 aliphatic heterocycles. The van der Waals surface area contributed by atoms with E-state index in [0.29, 0.717) is 30.2 Å². The zero-order chi connectivity index (χ0) is 16.8. The monoisotopic (exact) mass is 323 g/mol. The van der Waals surface area contributed by atoms with Crippen LogP contribution in [0.5, 0.6) is 0 Å². The van der Waals surface area contributed by atoms with Gasteiger partial charge in [0.25, 0.3) is 0 Å². The molecule has 0 atom stereocenters. The quantitative estimate of drug-likeness (QED) is 0.400. The largest absolute Gasteiger partial charge is 0.467 e. The van der Waals surface area contributed by atoms with Crippen molar-refractivity contribution in [1.82, 2.24) is 15.1 Å². The van der Waals surface area contributed by atoms with Crippen molar-refractivity contribution < 1.29 is 28.3 Å². The Morgan fingerprint density at radius 3 is 2.65 bits per heavy atom. The number of methoxy groups -OCH3 is 1. The smallest absolute Gasteiger partial charge is 0.335 e. The molecule has 9 nitrogen and oxygen atoms in total. The number of carbonyl (C=O) groups is 4. The first-order valence-electron chi connectivity index (χ1n) is 7.00. The van der Waals surface area contributed by atoms with Gasteiger partial charge in [0.2, 0.25) is 5.91 Å². The molecule has 2 rings (SSSR count). The van der Waals surface area contributed by atoms with Gasteiger partial charge in [-0.3, -0.25) is 14.4 Å². The normalized spacial score (nSPS) is 14.7. The number of hydrogen-bond acceptors (Lipinski definition) is 6. The van der Waals surface area contributed by atoms with E-state index in [0.717, 1.165) is 4.90 Å². The van der Waals surface area contributed by atoms with Crippen molar-refractivity contribution in [2.24, 2.45) is 0 Å².